The molecule has 0 amide bonds. The van der Waals surface area contributed by atoms with Crippen molar-refractivity contribution in [3.05, 3.63) is 24.7 Å². The van der Waals surface area contributed by atoms with Crippen molar-refractivity contribution in [1.82, 2.24) is 14.6 Å². The van der Waals surface area contributed by atoms with Gasteiger partial charge in [-0.2, -0.15) is 0 Å². The molecule has 2 heterocycles. The molecule has 2 aromatic rings. The number of fused-ring (bicyclic) bond motifs is 1. The molecule has 4 heteroatoms. The molecule has 60 valence electrons. The fourth-order valence-corrected chi connectivity index (χ4v) is 1.11. The Morgan fingerprint density at radius 2 is 2.33 bits per heavy atom. The molecule has 0 bridgehead atoms. The Hall–Kier alpha value is -1.71. The van der Waals surface area contributed by atoms with Crippen molar-refractivity contribution >= 4 is 17.9 Å². The van der Waals surface area contributed by atoms with E-state index < -0.39 is 0 Å². The molecule has 0 aromatic carbocycles. The van der Waals surface area contributed by atoms with E-state index in [2.05, 4.69) is 16.7 Å². The van der Waals surface area contributed by atoms with Gasteiger partial charge >= 0.3 is 0 Å². The van der Waals surface area contributed by atoms with E-state index in [1.165, 1.54) is 0 Å². The molecule has 0 aliphatic rings. The SMILES string of the molecule is C=[N+](C)n1cnc2ncccc21. The molecule has 4 nitrogen and oxygen atoms in total. The van der Waals surface area contributed by atoms with Crippen molar-refractivity contribution in [3.8, 4) is 0 Å². The number of aromatic nitrogens is 3. The fraction of sp³-hybridized carbons (Fsp3) is 0.125. The second kappa shape index (κ2) is 2.41. The highest BCUT2D eigenvalue weighted by Crippen LogP contribution is 2.06. The van der Waals surface area contributed by atoms with Crippen molar-refractivity contribution in [3.63, 3.8) is 0 Å². The van der Waals surface area contributed by atoms with Crippen molar-refractivity contribution < 1.29 is 4.68 Å². The van der Waals surface area contributed by atoms with E-state index in [1.807, 2.05) is 23.9 Å². The second-order valence-electron chi connectivity index (χ2n) is 2.59. The van der Waals surface area contributed by atoms with Gasteiger partial charge in [0.2, 0.25) is 0 Å². The summed E-state index contributed by atoms with van der Waals surface area (Å²) in [5.74, 6) is 0. The molecule has 0 atom stereocenters. The number of pyridine rings is 1. The lowest BCUT2D eigenvalue weighted by Gasteiger charge is -1.93. The van der Waals surface area contributed by atoms with E-state index in [0.29, 0.717) is 0 Å². The molecular weight excluding hydrogens is 152 g/mol. The molecule has 0 spiro atoms. The highest BCUT2D eigenvalue weighted by molar-refractivity contribution is 5.69. The highest BCUT2D eigenvalue weighted by Gasteiger charge is 2.05. The van der Waals surface area contributed by atoms with E-state index in [-0.39, 0.29) is 0 Å². The maximum atomic E-state index is 4.11. The van der Waals surface area contributed by atoms with Crippen molar-refractivity contribution in [2.24, 2.45) is 0 Å². The average Bonchev–Trinajstić information content (AvgIpc) is 2.47. The minimum Gasteiger partial charge on any atom is -0.235 e. The summed E-state index contributed by atoms with van der Waals surface area (Å²) in [6.45, 7) is 3.76. The maximum absolute atomic E-state index is 4.11. The Balaban J connectivity index is 2.79. The van der Waals surface area contributed by atoms with E-state index in [9.17, 15) is 0 Å². The van der Waals surface area contributed by atoms with Crippen LogP contribution in [0.3, 0.4) is 0 Å². The van der Waals surface area contributed by atoms with Crippen LogP contribution in [0.2, 0.25) is 0 Å². The standard InChI is InChI=1S/C8H9N4/c1-11(2)12-6-10-8-7(12)4-3-5-9-8/h3-6H,1H2,2H3/q+1. The summed E-state index contributed by atoms with van der Waals surface area (Å²) in [4.78, 5) is 8.21. The molecule has 2 rings (SSSR count). The molecule has 0 saturated carbocycles. The zero-order valence-corrected chi connectivity index (χ0v) is 6.81. The van der Waals surface area contributed by atoms with Gasteiger partial charge in [0.25, 0.3) is 0 Å². The molecular formula is C8H9N4+. The first-order valence-corrected chi connectivity index (χ1v) is 3.61. The summed E-state index contributed by atoms with van der Waals surface area (Å²) in [5.41, 5.74) is 1.71. The first-order chi connectivity index (χ1) is 5.79. The van der Waals surface area contributed by atoms with Crippen LogP contribution in [0.25, 0.3) is 11.2 Å². The Labute approximate surface area is 69.8 Å². The summed E-state index contributed by atoms with van der Waals surface area (Å²) >= 11 is 0. The molecule has 0 N–H and O–H groups in total. The molecule has 0 radical (unpaired) electrons. The van der Waals surface area contributed by atoms with E-state index in [4.69, 9.17) is 0 Å². The zero-order valence-electron chi connectivity index (χ0n) is 6.81. The second-order valence-corrected chi connectivity index (χ2v) is 2.59. The molecule has 0 saturated heterocycles. The monoisotopic (exact) mass is 161 g/mol. The third-order valence-electron chi connectivity index (χ3n) is 1.67. The lowest BCUT2D eigenvalue weighted by Crippen LogP contribution is -2.09. The smallest absolute Gasteiger partial charge is 0.183 e. The van der Waals surface area contributed by atoms with Gasteiger partial charge in [-0.05, 0) is 12.1 Å². The van der Waals surface area contributed by atoms with Crippen LogP contribution in [-0.2, 0) is 0 Å². The summed E-state index contributed by atoms with van der Waals surface area (Å²) < 4.78 is 3.54. The van der Waals surface area contributed by atoms with Gasteiger partial charge < -0.3 is 0 Å². The average molecular weight is 161 g/mol. The first kappa shape index (κ1) is 6.97. The van der Waals surface area contributed by atoms with Crippen molar-refractivity contribution in [1.29, 1.82) is 0 Å². The maximum Gasteiger partial charge on any atom is 0.183 e. The third-order valence-corrected chi connectivity index (χ3v) is 1.67. The van der Waals surface area contributed by atoms with Gasteiger partial charge in [0, 0.05) is 6.20 Å². The van der Waals surface area contributed by atoms with Crippen LogP contribution in [-0.4, -0.2) is 33.1 Å². The normalized spacial score (nSPS) is 10.4. The van der Waals surface area contributed by atoms with Crippen molar-refractivity contribution in [2.45, 2.75) is 0 Å². The quantitative estimate of drug-likeness (QED) is 0.451. The third kappa shape index (κ3) is 0.887. The number of hydrogen-bond donors (Lipinski definition) is 0. The van der Waals surface area contributed by atoms with Gasteiger partial charge in [-0.1, -0.05) is 0 Å². The first-order valence-electron chi connectivity index (χ1n) is 3.61. The fourth-order valence-electron chi connectivity index (χ4n) is 1.11. The van der Waals surface area contributed by atoms with Gasteiger partial charge in [-0.25, -0.2) is 9.97 Å². The number of nitrogens with zero attached hydrogens (tertiary/aromatic N) is 4. The lowest BCUT2D eigenvalue weighted by molar-refractivity contribution is -0.545. The minimum absolute atomic E-state index is 0.744. The summed E-state index contributed by atoms with van der Waals surface area (Å²) in [6.07, 6.45) is 3.42. The number of hydrogen-bond acceptors (Lipinski definition) is 2. The van der Waals surface area contributed by atoms with Gasteiger partial charge in [-0.3, -0.25) is 0 Å². The van der Waals surface area contributed by atoms with E-state index in [1.54, 1.807) is 17.2 Å². The topological polar surface area (TPSA) is 33.7 Å². The van der Waals surface area contributed by atoms with Crippen LogP contribution in [0, 0.1) is 0 Å². The minimum atomic E-state index is 0.744. The van der Waals surface area contributed by atoms with Gasteiger partial charge in [0.1, 0.15) is 0 Å². The van der Waals surface area contributed by atoms with Crippen molar-refractivity contribution in [2.75, 3.05) is 7.05 Å². The van der Waals surface area contributed by atoms with Crippen LogP contribution >= 0.6 is 0 Å². The summed E-state index contributed by atoms with van der Waals surface area (Å²) in [5, 5.41) is 0. The predicted molar refractivity (Wildman–Crippen MR) is 46.2 cm³/mol. The van der Waals surface area contributed by atoms with Crippen LogP contribution < -0.4 is 0 Å². The van der Waals surface area contributed by atoms with Crippen LogP contribution in [0.5, 0.6) is 0 Å². The Bertz CT molecular complexity index is 429. The Morgan fingerprint density at radius 1 is 1.50 bits per heavy atom. The van der Waals surface area contributed by atoms with E-state index >= 15 is 0 Å². The molecule has 0 unspecified atom stereocenters. The van der Waals surface area contributed by atoms with E-state index in [0.717, 1.165) is 11.2 Å². The summed E-state index contributed by atoms with van der Waals surface area (Å²) in [7, 11) is 1.86. The summed E-state index contributed by atoms with van der Waals surface area (Å²) in [6, 6.07) is 3.83. The lowest BCUT2D eigenvalue weighted by atomic mass is 10.4. The molecule has 0 aliphatic heterocycles. The molecule has 2 aromatic heterocycles. The largest absolute Gasteiger partial charge is 0.235 e. The Kier molecular flexibility index (Phi) is 1.40. The Morgan fingerprint density at radius 3 is 3.08 bits per heavy atom. The molecule has 0 fully saturated rings. The zero-order chi connectivity index (χ0) is 8.55. The number of rotatable bonds is 1. The van der Waals surface area contributed by atoms with Gasteiger partial charge in [0.15, 0.2) is 31.3 Å². The van der Waals surface area contributed by atoms with Crippen LogP contribution in [0.4, 0.5) is 0 Å². The van der Waals surface area contributed by atoms with Crippen LogP contribution in [0.1, 0.15) is 0 Å². The van der Waals surface area contributed by atoms with Gasteiger partial charge in [-0.15, -0.1) is 9.36 Å². The molecule has 12 heavy (non-hydrogen) atoms. The van der Waals surface area contributed by atoms with Gasteiger partial charge in [0.05, 0.1) is 0 Å². The van der Waals surface area contributed by atoms with Crippen LogP contribution in [0.15, 0.2) is 24.7 Å². The number of imidazole rings is 1. The predicted octanol–water partition coefficient (Wildman–Crippen LogP) is 0.537. The highest BCUT2D eigenvalue weighted by atomic mass is 15.5. The molecule has 0 aliphatic carbocycles.